The van der Waals surface area contributed by atoms with Gasteiger partial charge >= 0.3 is 0 Å². The lowest BCUT2D eigenvalue weighted by Gasteiger charge is -2.66. The zero-order valence-corrected chi connectivity index (χ0v) is 19.5. The average molecular weight is 429 g/mol. The number of rotatable bonds is 4. The minimum atomic E-state index is -0.517. The number of nitrogens with zero attached hydrogens (tertiary/aromatic N) is 3. The van der Waals surface area contributed by atoms with E-state index in [1.807, 2.05) is 0 Å². The van der Waals surface area contributed by atoms with Crippen LogP contribution in [0.3, 0.4) is 0 Å². The van der Waals surface area contributed by atoms with E-state index in [-0.39, 0.29) is 22.3 Å². The molecule has 5 rings (SSSR count). The lowest BCUT2D eigenvalue weighted by atomic mass is 9.41. The summed E-state index contributed by atoms with van der Waals surface area (Å²) in [7, 11) is 0. The van der Waals surface area contributed by atoms with Crippen LogP contribution < -0.4 is 5.73 Å². The van der Waals surface area contributed by atoms with Crippen molar-refractivity contribution in [3.05, 3.63) is 12.4 Å². The number of nitrogens with two attached hydrogens (primary N) is 1. The summed E-state index contributed by atoms with van der Waals surface area (Å²) in [5.41, 5.74) is 6.88. The van der Waals surface area contributed by atoms with Crippen LogP contribution in [0.25, 0.3) is 0 Å². The highest BCUT2D eigenvalue weighted by molar-refractivity contribution is 5.82. The number of ketones is 1. The zero-order chi connectivity index (χ0) is 22.1. The van der Waals surface area contributed by atoms with Gasteiger partial charge in [-0.25, -0.2) is 4.68 Å². The Kier molecular flexibility index (Phi) is 4.95. The Morgan fingerprint density at radius 3 is 2.58 bits per heavy atom. The van der Waals surface area contributed by atoms with Gasteiger partial charge in [0.05, 0.1) is 11.8 Å². The van der Waals surface area contributed by atoms with Gasteiger partial charge in [-0.3, -0.25) is 4.79 Å². The summed E-state index contributed by atoms with van der Waals surface area (Å²) in [6, 6.07) is 0. The predicted molar refractivity (Wildman–Crippen MR) is 119 cm³/mol. The highest BCUT2D eigenvalue weighted by Gasteiger charge is 2.66. The molecule has 4 saturated carbocycles. The molecule has 0 spiro atoms. The summed E-state index contributed by atoms with van der Waals surface area (Å²) in [6.07, 6.45) is 13.6. The van der Waals surface area contributed by atoms with Crippen molar-refractivity contribution in [2.75, 3.05) is 0 Å². The van der Waals surface area contributed by atoms with Crippen LogP contribution in [0.15, 0.2) is 12.4 Å². The van der Waals surface area contributed by atoms with E-state index >= 15 is 0 Å². The zero-order valence-electron chi connectivity index (χ0n) is 19.5. The minimum absolute atomic E-state index is 0.0604. The molecule has 0 radical (unpaired) electrons. The number of carbonyl (C=O) groups excluding carboxylic acids is 1. The average Bonchev–Trinajstić information content (AvgIpc) is 3.36. The van der Waals surface area contributed by atoms with Crippen LogP contribution in [0, 0.1) is 34.5 Å². The maximum atomic E-state index is 13.3. The molecule has 172 valence electrons. The van der Waals surface area contributed by atoms with Gasteiger partial charge in [0.1, 0.15) is 6.54 Å². The molecule has 4 aliphatic carbocycles. The summed E-state index contributed by atoms with van der Waals surface area (Å²) in [5, 5.41) is 18.9. The lowest BCUT2D eigenvalue weighted by Crippen LogP contribution is -2.68. The third-order valence-corrected chi connectivity index (χ3v) is 10.8. The topological polar surface area (TPSA) is 94.0 Å². The molecule has 1 unspecified atom stereocenters. The molecule has 31 heavy (non-hydrogen) atoms. The van der Waals surface area contributed by atoms with E-state index in [0.29, 0.717) is 30.1 Å². The van der Waals surface area contributed by atoms with Crippen LogP contribution in [0.5, 0.6) is 0 Å². The Labute approximate surface area is 186 Å². The summed E-state index contributed by atoms with van der Waals surface area (Å²) in [6.45, 7) is 7.33. The van der Waals surface area contributed by atoms with Crippen LogP contribution in [0.4, 0.5) is 0 Å². The first-order chi connectivity index (χ1) is 14.6. The molecule has 4 aliphatic rings. The number of aromatic nitrogens is 3. The summed E-state index contributed by atoms with van der Waals surface area (Å²) < 4.78 is 1.67. The molecule has 6 nitrogen and oxygen atoms in total. The van der Waals surface area contributed by atoms with E-state index in [2.05, 4.69) is 31.1 Å². The fraction of sp³-hybridized carbons (Fsp3) is 0.880. The fourth-order valence-electron chi connectivity index (χ4n) is 9.08. The molecule has 1 heterocycles. The van der Waals surface area contributed by atoms with E-state index in [9.17, 15) is 9.90 Å². The molecule has 0 bridgehead atoms. The van der Waals surface area contributed by atoms with Crippen LogP contribution in [0.2, 0.25) is 0 Å². The van der Waals surface area contributed by atoms with Gasteiger partial charge in [0.25, 0.3) is 0 Å². The van der Waals surface area contributed by atoms with Crippen LogP contribution in [0.1, 0.15) is 85.0 Å². The Morgan fingerprint density at radius 2 is 1.87 bits per heavy atom. The van der Waals surface area contributed by atoms with Crippen molar-refractivity contribution >= 4 is 5.78 Å². The maximum Gasteiger partial charge on any atom is 0.157 e. The van der Waals surface area contributed by atoms with Gasteiger partial charge < -0.3 is 10.8 Å². The summed E-state index contributed by atoms with van der Waals surface area (Å²) in [5.74, 6) is 1.92. The third-order valence-electron chi connectivity index (χ3n) is 10.8. The number of fused-ring (bicyclic) bond motifs is 5. The second kappa shape index (κ2) is 7.11. The molecule has 0 saturated heterocycles. The van der Waals surface area contributed by atoms with Crippen molar-refractivity contribution in [3.63, 3.8) is 0 Å². The Morgan fingerprint density at radius 1 is 1.10 bits per heavy atom. The van der Waals surface area contributed by atoms with E-state index in [0.717, 1.165) is 57.8 Å². The van der Waals surface area contributed by atoms with E-state index in [1.54, 1.807) is 17.1 Å². The second-order valence-corrected chi connectivity index (χ2v) is 12.0. The molecule has 1 aromatic rings. The van der Waals surface area contributed by atoms with Crippen LogP contribution in [-0.4, -0.2) is 37.0 Å². The van der Waals surface area contributed by atoms with E-state index in [1.165, 1.54) is 6.42 Å². The quantitative estimate of drug-likeness (QED) is 0.762. The van der Waals surface area contributed by atoms with Gasteiger partial charge in [-0.05, 0) is 92.8 Å². The van der Waals surface area contributed by atoms with E-state index in [4.69, 9.17) is 5.73 Å². The first kappa shape index (κ1) is 21.6. The second-order valence-electron chi connectivity index (χ2n) is 12.0. The first-order valence-corrected chi connectivity index (χ1v) is 12.5. The SMILES string of the molecule is CC[C@@]1(O)CC[C@@]2(N)[C@@H](CCC3(C)[C@@H]4CC[C@H](C(=O)Cn5ccnn5)[C@@]4(C)CC[C@@H]32)C1. The van der Waals surface area contributed by atoms with Gasteiger partial charge in [-0.2, -0.15) is 0 Å². The smallest absolute Gasteiger partial charge is 0.157 e. The molecule has 0 amide bonds. The van der Waals surface area contributed by atoms with Crippen molar-refractivity contribution in [2.24, 2.45) is 40.2 Å². The minimum Gasteiger partial charge on any atom is -0.390 e. The number of aliphatic hydroxyl groups is 1. The molecule has 1 aromatic heterocycles. The van der Waals surface area contributed by atoms with Gasteiger partial charge in [-0.1, -0.05) is 26.0 Å². The van der Waals surface area contributed by atoms with Crippen LogP contribution in [-0.2, 0) is 11.3 Å². The largest absolute Gasteiger partial charge is 0.390 e. The summed E-state index contributed by atoms with van der Waals surface area (Å²) in [4.78, 5) is 13.3. The van der Waals surface area contributed by atoms with Gasteiger partial charge in [0, 0.05) is 17.7 Å². The van der Waals surface area contributed by atoms with Crippen molar-refractivity contribution in [1.29, 1.82) is 0 Å². The maximum absolute atomic E-state index is 13.3. The molecule has 6 heteroatoms. The van der Waals surface area contributed by atoms with Crippen molar-refractivity contribution < 1.29 is 9.90 Å². The third kappa shape index (κ3) is 3.07. The fourth-order valence-corrected chi connectivity index (χ4v) is 9.08. The van der Waals surface area contributed by atoms with Crippen molar-refractivity contribution in [3.8, 4) is 0 Å². The van der Waals surface area contributed by atoms with Gasteiger partial charge in [0.15, 0.2) is 5.78 Å². The molecular formula is C25H40N4O2. The number of Topliss-reactive ketones (excluding diaryl/α,β-unsaturated/α-hetero) is 1. The normalized spacial score (nSPS) is 49.2. The monoisotopic (exact) mass is 428 g/mol. The van der Waals surface area contributed by atoms with E-state index < -0.39 is 5.60 Å². The number of hydrogen-bond acceptors (Lipinski definition) is 5. The molecule has 3 N–H and O–H groups in total. The van der Waals surface area contributed by atoms with Crippen molar-refractivity contribution in [1.82, 2.24) is 15.0 Å². The first-order valence-electron chi connectivity index (χ1n) is 12.5. The van der Waals surface area contributed by atoms with Crippen LogP contribution >= 0.6 is 0 Å². The highest BCUT2D eigenvalue weighted by atomic mass is 16.3. The molecule has 8 atom stereocenters. The van der Waals surface area contributed by atoms with Gasteiger partial charge in [-0.15, -0.1) is 5.10 Å². The lowest BCUT2D eigenvalue weighted by molar-refractivity contribution is -0.162. The number of carbonyl (C=O) groups is 1. The molecule has 4 fully saturated rings. The molecular weight excluding hydrogens is 388 g/mol. The standard InChI is InChI=1S/C25H40N4O2/c1-4-24(31)11-12-25(26)17(15-24)7-9-23(3)20-6-5-18(22(20,2)10-8-21(23)25)19(30)16-29-14-13-27-28-29/h13-14,17-18,20-21,31H,4-12,15-16,26H2,1-3H3/t17-,18+,20+,21-,22+,23?,24+,25+/m0/s1. The Balaban J connectivity index is 1.39. The summed E-state index contributed by atoms with van der Waals surface area (Å²) >= 11 is 0. The predicted octanol–water partition coefficient (Wildman–Crippen LogP) is 3.73. The number of hydrogen-bond donors (Lipinski definition) is 2. The Hall–Kier alpha value is -1.27. The highest BCUT2D eigenvalue weighted by Crippen LogP contribution is 2.70. The Bertz CT molecular complexity index is 843. The molecule has 0 aromatic carbocycles. The molecule has 0 aliphatic heterocycles. The van der Waals surface area contributed by atoms with Crippen molar-refractivity contribution in [2.45, 2.75) is 103 Å². The van der Waals surface area contributed by atoms with Gasteiger partial charge in [0.2, 0.25) is 0 Å².